The van der Waals surface area contributed by atoms with Crippen LogP contribution >= 0.6 is 11.6 Å². The number of morpholine rings is 1. The summed E-state index contributed by atoms with van der Waals surface area (Å²) < 4.78 is 5.35. The Morgan fingerprint density at radius 2 is 2.00 bits per heavy atom. The summed E-state index contributed by atoms with van der Waals surface area (Å²) >= 11 is 6.25. The van der Waals surface area contributed by atoms with Crippen LogP contribution in [0.25, 0.3) is 22.3 Å². The fourth-order valence-electron chi connectivity index (χ4n) is 2.57. The van der Waals surface area contributed by atoms with Crippen molar-refractivity contribution in [2.45, 2.75) is 0 Å². The van der Waals surface area contributed by atoms with E-state index < -0.39 is 0 Å². The number of anilines is 1. The molecular formula is C15H14ClN5O. The predicted octanol–water partition coefficient (Wildman–Crippen LogP) is 2.51. The van der Waals surface area contributed by atoms with Crippen molar-refractivity contribution < 1.29 is 4.74 Å². The molecule has 0 saturated carbocycles. The summed E-state index contributed by atoms with van der Waals surface area (Å²) in [4.78, 5) is 11.2. The Balaban J connectivity index is 1.76. The largest absolute Gasteiger partial charge is 0.378 e. The molecule has 0 aliphatic carbocycles. The zero-order valence-electron chi connectivity index (χ0n) is 11.8. The second kappa shape index (κ2) is 5.55. The molecule has 0 amide bonds. The predicted molar refractivity (Wildman–Crippen MR) is 85.2 cm³/mol. The molecule has 1 saturated heterocycles. The van der Waals surface area contributed by atoms with E-state index in [-0.39, 0.29) is 0 Å². The van der Waals surface area contributed by atoms with E-state index in [1.807, 2.05) is 24.3 Å². The number of H-pyrrole nitrogens is 1. The molecule has 4 rings (SSSR count). The minimum absolute atomic E-state index is 0.660. The number of rotatable bonds is 2. The van der Waals surface area contributed by atoms with E-state index >= 15 is 0 Å². The SMILES string of the molecule is Clc1ccccc1-c1n[nH]c2nc(N3CCOCC3)ncc12. The Morgan fingerprint density at radius 1 is 1.18 bits per heavy atom. The first-order valence-corrected chi connectivity index (χ1v) is 7.49. The number of benzene rings is 1. The van der Waals surface area contributed by atoms with Crippen LogP contribution in [0.3, 0.4) is 0 Å². The summed E-state index contributed by atoms with van der Waals surface area (Å²) in [5, 5.41) is 8.86. The van der Waals surface area contributed by atoms with Gasteiger partial charge in [0.25, 0.3) is 0 Å². The molecule has 112 valence electrons. The van der Waals surface area contributed by atoms with Gasteiger partial charge in [0.1, 0.15) is 5.69 Å². The van der Waals surface area contributed by atoms with Crippen LogP contribution in [0, 0.1) is 0 Å². The third kappa shape index (κ3) is 2.30. The number of nitrogens with one attached hydrogen (secondary N) is 1. The number of halogens is 1. The van der Waals surface area contributed by atoms with Crippen molar-refractivity contribution in [1.82, 2.24) is 20.2 Å². The van der Waals surface area contributed by atoms with Gasteiger partial charge in [0, 0.05) is 24.8 Å². The highest BCUT2D eigenvalue weighted by Crippen LogP contribution is 2.31. The molecule has 1 N–H and O–H groups in total. The molecule has 1 aromatic carbocycles. The fraction of sp³-hybridized carbons (Fsp3) is 0.267. The number of hydrogen-bond donors (Lipinski definition) is 1. The van der Waals surface area contributed by atoms with E-state index in [9.17, 15) is 0 Å². The average molecular weight is 316 g/mol. The van der Waals surface area contributed by atoms with Gasteiger partial charge in [0.2, 0.25) is 5.95 Å². The standard InChI is InChI=1S/C15H14ClN5O/c16-12-4-2-1-3-10(12)13-11-9-17-15(18-14(11)20-19-13)21-5-7-22-8-6-21/h1-4,9H,5-8H2,(H,17,18,19,20). The zero-order valence-corrected chi connectivity index (χ0v) is 12.5. The van der Waals surface area contributed by atoms with Gasteiger partial charge >= 0.3 is 0 Å². The Labute approximate surface area is 132 Å². The maximum absolute atomic E-state index is 6.25. The smallest absolute Gasteiger partial charge is 0.227 e. The summed E-state index contributed by atoms with van der Waals surface area (Å²) in [6, 6.07) is 7.62. The number of nitrogens with zero attached hydrogens (tertiary/aromatic N) is 4. The molecule has 2 aromatic heterocycles. The summed E-state index contributed by atoms with van der Waals surface area (Å²) in [7, 11) is 0. The lowest BCUT2D eigenvalue weighted by atomic mass is 10.1. The van der Waals surface area contributed by atoms with E-state index in [1.54, 1.807) is 6.20 Å². The first-order valence-electron chi connectivity index (χ1n) is 7.11. The monoisotopic (exact) mass is 315 g/mol. The molecule has 0 spiro atoms. The Kier molecular flexibility index (Phi) is 3.40. The van der Waals surface area contributed by atoms with Crippen molar-refractivity contribution in [2.24, 2.45) is 0 Å². The van der Waals surface area contributed by atoms with Gasteiger partial charge in [-0.15, -0.1) is 0 Å². The molecule has 7 heteroatoms. The van der Waals surface area contributed by atoms with Crippen molar-refractivity contribution in [2.75, 3.05) is 31.2 Å². The molecule has 1 aliphatic heterocycles. The lowest BCUT2D eigenvalue weighted by Crippen LogP contribution is -2.37. The van der Waals surface area contributed by atoms with Crippen LogP contribution in [-0.4, -0.2) is 46.5 Å². The third-order valence-corrected chi connectivity index (χ3v) is 4.06. The van der Waals surface area contributed by atoms with Gasteiger partial charge in [-0.25, -0.2) is 4.98 Å². The average Bonchev–Trinajstić information content (AvgIpc) is 2.99. The van der Waals surface area contributed by atoms with Crippen LogP contribution in [0.1, 0.15) is 0 Å². The lowest BCUT2D eigenvalue weighted by molar-refractivity contribution is 0.122. The van der Waals surface area contributed by atoms with E-state index in [1.165, 1.54) is 0 Å². The van der Waals surface area contributed by atoms with Crippen LogP contribution < -0.4 is 4.90 Å². The number of aromatic amines is 1. The lowest BCUT2D eigenvalue weighted by Gasteiger charge is -2.26. The minimum atomic E-state index is 0.660. The Bertz CT molecular complexity index is 813. The summed E-state index contributed by atoms with van der Waals surface area (Å²) in [5.74, 6) is 0.699. The van der Waals surface area contributed by atoms with Gasteiger partial charge in [0.05, 0.1) is 23.6 Å². The van der Waals surface area contributed by atoms with Crippen LogP contribution in [-0.2, 0) is 4.74 Å². The maximum Gasteiger partial charge on any atom is 0.227 e. The minimum Gasteiger partial charge on any atom is -0.378 e. The summed E-state index contributed by atoms with van der Waals surface area (Å²) in [5.41, 5.74) is 2.36. The van der Waals surface area contributed by atoms with Crippen molar-refractivity contribution in [3.63, 3.8) is 0 Å². The number of aromatic nitrogens is 4. The molecule has 3 heterocycles. The highest BCUT2D eigenvalue weighted by atomic mass is 35.5. The van der Waals surface area contributed by atoms with Gasteiger partial charge in [-0.05, 0) is 6.07 Å². The first-order chi connectivity index (χ1) is 10.8. The first kappa shape index (κ1) is 13.5. The highest BCUT2D eigenvalue weighted by Gasteiger charge is 2.17. The van der Waals surface area contributed by atoms with Gasteiger partial charge in [0.15, 0.2) is 5.65 Å². The molecule has 3 aromatic rings. The van der Waals surface area contributed by atoms with Gasteiger partial charge in [-0.2, -0.15) is 10.1 Å². The maximum atomic E-state index is 6.25. The quantitative estimate of drug-likeness (QED) is 0.787. The fourth-order valence-corrected chi connectivity index (χ4v) is 2.80. The van der Waals surface area contributed by atoms with Crippen LogP contribution in [0.15, 0.2) is 30.5 Å². The summed E-state index contributed by atoms with van der Waals surface area (Å²) in [6.45, 7) is 3.01. The number of fused-ring (bicyclic) bond motifs is 1. The van der Waals surface area contributed by atoms with Crippen LogP contribution in [0.4, 0.5) is 5.95 Å². The second-order valence-corrected chi connectivity index (χ2v) is 5.49. The Hall–Kier alpha value is -2.18. The van der Waals surface area contributed by atoms with Crippen molar-refractivity contribution in [1.29, 1.82) is 0 Å². The van der Waals surface area contributed by atoms with Gasteiger partial charge < -0.3 is 9.64 Å². The molecule has 0 unspecified atom stereocenters. The van der Waals surface area contributed by atoms with Crippen LogP contribution in [0.2, 0.25) is 5.02 Å². The normalized spacial score (nSPS) is 15.4. The van der Waals surface area contributed by atoms with E-state index in [0.29, 0.717) is 29.8 Å². The van der Waals surface area contributed by atoms with Crippen molar-refractivity contribution in [3.8, 4) is 11.3 Å². The molecule has 22 heavy (non-hydrogen) atoms. The van der Waals surface area contributed by atoms with Gasteiger partial charge in [-0.1, -0.05) is 29.8 Å². The van der Waals surface area contributed by atoms with E-state index in [2.05, 4.69) is 25.1 Å². The van der Waals surface area contributed by atoms with E-state index in [0.717, 1.165) is 29.7 Å². The molecule has 6 nitrogen and oxygen atoms in total. The second-order valence-electron chi connectivity index (χ2n) is 5.08. The third-order valence-electron chi connectivity index (χ3n) is 3.73. The summed E-state index contributed by atoms with van der Waals surface area (Å²) in [6.07, 6.45) is 1.80. The van der Waals surface area contributed by atoms with Crippen molar-refractivity contribution in [3.05, 3.63) is 35.5 Å². The van der Waals surface area contributed by atoms with E-state index in [4.69, 9.17) is 16.3 Å². The topological polar surface area (TPSA) is 66.9 Å². The number of hydrogen-bond acceptors (Lipinski definition) is 5. The number of ether oxygens (including phenoxy) is 1. The van der Waals surface area contributed by atoms with Gasteiger partial charge in [-0.3, -0.25) is 5.10 Å². The molecule has 0 bridgehead atoms. The Morgan fingerprint density at radius 3 is 2.82 bits per heavy atom. The molecular weight excluding hydrogens is 302 g/mol. The molecule has 1 fully saturated rings. The van der Waals surface area contributed by atoms with Crippen LogP contribution in [0.5, 0.6) is 0 Å². The molecule has 0 atom stereocenters. The molecule has 0 radical (unpaired) electrons. The zero-order chi connectivity index (χ0) is 14.9. The van der Waals surface area contributed by atoms with Crippen molar-refractivity contribution >= 4 is 28.6 Å². The highest BCUT2D eigenvalue weighted by molar-refractivity contribution is 6.33. The molecule has 1 aliphatic rings.